The number of hydrogen-bond donors (Lipinski definition) is 1. The molecule has 4 aromatic rings. The molecular weight excluding hydrogens is 538 g/mol. The number of benzene rings is 1. The number of nitrogens with one attached hydrogen (secondary N) is 1. The third kappa shape index (κ3) is 6.82. The molecule has 0 unspecified atom stereocenters. The van der Waals surface area contributed by atoms with Gasteiger partial charge in [0.1, 0.15) is 17.3 Å². The fraction of sp³-hybridized carbons (Fsp3) is 0.231. The van der Waals surface area contributed by atoms with Gasteiger partial charge in [-0.2, -0.15) is 13.2 Å². The third-order valence-corrected chi connectivity index (χ3v) is 6.02. The summed E-state index contributed by atoms with van der Waals surface area (Å²) in [5.74, 6) is -1.22. The van der Waals surface area contributed by atoms with Crippen LogP contribution < -0.4 is 5.32 Å². The Balaban J connectivity index is 0.000000187. The second-order valence-electron chi connectivity index (χ2n) is 8.36. The number of halogens is 5. The quantitative estimate of drug-likeness (QED) is 0.317. The Bertz CT molecular complexity index is 1430. The molecule has 202 valence electrons. The van der Waals surface area contributed by atoms with Crippen LogP contribution in [0.5, 0.6) is 0 Å². The lowest BCUT2D eigenvalue weighted by Gasteiger charge is -2.14. The van der Waals surface area contributed by atoms with Gasteiger partial charge in [-0.05, 0) is 43.2 Å². The maximum absolute atomic E-state index is 13.1. The molecule has 1 aromatic carbocycles. The first kappa shape index (κ1) is 27.8. The summed E-state index contributed by atoms with van der Waals surface area (Å²) < 4.78 is 49.7. The van der Waals surface area contributed by atoms with Crippen LogP contribution >= 0.6 is 11.6 Å². The Morgan fingerprint density at radius 1 is 0.949 bits per heavy atom. The maximum atomic E-state index is 13.1. The summed E-state index contributed by atoms with van der Waals surface area (Å²) in [6.07, 6.45) is 3.95. The van der Waals surface area contributed by atoms with Crippen LogP contribution in [-0.2, 0) is 6.18 Å². The molecule has 1 fully saturated rings. The highest BCUT2D eigenvalue weighted by atomic mass is 35.5. The van der Waals surface area contributed by atoms with Crippen molar-refractivity contribution in [1.29, 1.82) is 0 Å². The van der Waals surface area contributed by atoms with Crippen LogP contribution in [-0.4, -0.2) is 55.9 Å². The summed E-state index contributed by atoms with van der Waals surface area (Å²) in [6, 6.07) is 7.88. The average molecular weight is 560 g/mol. The zero-order valence-corrected chi connectivity index (χ0v) is 21.3. The van der Waals surface area contributed by atoms with Crippen molar-refractivity contribution in [2.45, 2.75) is 19.0 Å². The van der Waals surface area contributed by atoms with E-state index in [1.165, 1.54) is 12.1 Å². The van der Waals surface area contributed by atoms with Crippen molar-refractivity contribution >= 4 is 23.3 Å². The molecule has 5 rings (SSSR count). The van der Waals surface area contributed by atoms with Gasteiger partial charge in [0, 0.05) is 56.1 Å². The van der Waals surface area contributed by atoms with Gasteiger partial charge >= 0.3 is 6.18 Å². The third-order valence-electron chi connectivity index (χ3n) is 5.72. The first-order chi connectivity index (χ1) is 18.7. The number of amides is 1. The van der Waals surface area contributed by atoms with Crippen LogP contribution in [0, 0.1) is 5.82 Å². The predicted molar refractivity (Wildman–Crippen MR) is 137 cm³/mol. The van der Waals surface area contributed by atoms with Crippen molar-refractivity contribution < 1.29 is 22.4 Å². The average Bonchev–Trinajstić information content (AvgIpc) is 3.48. The minimum atomic E-state index is -4.57. The number of anilines is 1. The standard InChI is InChI=1S/C16H12ClFN4.C10H10F3N3O/c1-19-14-9-21-15(10-2-4-11(18)5-3-10)16(22-14)12-6-7-20-8-13(12)17;11-10(12,13)9-14-5-7(6-15-9)8(17)16-3-1-2-4-16/h2-9H,1H3,(H,19,22);5-6H,1-4H2. The summed E-state index contributed by atoms with van der Waals surface area (Å²) in [4.78, 5) is 32.6. The molecule has 0 bridgehead atoms. The monoisotopic (exact) mass is 559 g/mol. The number of rotatable bonds is 4. The Morgan fingerprint density at radius 2 is 1.62 bits per heavy atom. The number of pyridine rings is 1. The second kappa shape index (κ2) is 12.1. The van der Waals surface area contributed by atoms with Gasteiger partial charge in [0.25, 0.3) is 5.91 Å². The second-order valence-corrected chi connectivity index (χ2v) is 8.76. The molecule has 1 N–H and O–H groups in total. The molecule has 8 nitrogen and oxygen atoms in total. The van der Waals surface area contributed by atoms with Crippen LogP contribution in [0.2, 0.25) is 5.02 Å². The van der Waals surface area contributed by atoms with Crippen molar-refractivity contribution in [3.8, 4) is 22.5 Å². The van der Waals surface area contributed by atoms with E-state index in [1.54, 1.807) is 48.7 Å². The number of carbonyl (C=O) groups excluding carboxylic acids is 1. The van der Waals surface area contributed by atoms with Gasteiger partial charge in [-0.1, -0.05) is 11.6 Å². The van der Waals surface area contributed by atoms with Gasteiger partial charge in [0.2, 0.25) is 5.82 Å². The molecule has 13 heteroatoms. The Hall–Kier alpha value is -4.19. The Kier molecular flexibility index (Phi) is 8.65. The molecular formula is C26H22ClF4N7O. The number of aromatic nitrogens is 5. The highest BCUT2D eigenvalue weighted by Gasteiger charge is 2.34. The highest BCUT2D eigenvalue weighted by molar-refractivity contribution is 6.33. The molecule has 0 aliphatic carbocycles. The molecule has 0 saturated carbocycles. The van der Waals surface area contributed by atoms with Crippen molar-refractivity contribution in [2.24, 2.45) is 0 Å². The van der Waals surface area contributed by atoms with Crippen LogP contribution in [0.4, 0.5) is 23.4 Å². The number of alkyl halides is 3. The van der Waals surface area contributed by atoms with E-state index in [9.17, 15) is 22.4 Å². The van der Waals surface area contributed by atoms with Gasteiger partial charge in [-0.25, -0.2) is 19.3 Å². The molecule has 4 heterocycles. The zero-order chi connectivity index (χ0) is 28.0. The fourth-order valence-corrected chi connectivity index (χ4v) is 3.98. The molecule has 3 aromatic heterocycles. The minimum Gasteiger partial charge on any atom is -0.372 e. The van der Waals surface area contributed by atoms with Gasteiger partial charge in [0.05, 0.1) is 22.5 Å². The molecule has 1 amide bonds. The number of carbonyl (C=O) groups is 1. The van der Waals surface area contributed by atoms with Gasteiger partial charge in [-0.3, -0.25) is 14.8 Å². The van der Waals surface area contributed by atoms with Gasteiger partial charge in [0.15, 0.2) is 0 Å². The van der Waals surface area contributed by atoms with Crippen molar-refractivity contribution in [3.63, 3.8) is 0 Å². The normalized spacial score (nSPS) is 13.0. The summed E-state index contributed by atoms with van der Waals surface area (Å²) in [5, 5.41) is 3.43. The molecule has 0 radical (unpaired) electrons. The van der Waals surface area contributed by atoms with Crippen molar-refractivity contribution in [1.82, 2.24) is 29.8 Å². The topological polar surface area (TPSA) is 96.8 Å². The van der Waals surface area contributed by atoms with E-state index in [1.807, 2.05) is 0 Å². The van der Waals surface area contributed by atoms with Gasteiger partial charge < -0.3 is 10.2 Å². The minimum absolute atomic E-state index is 0.0971. The van der Waals surface area contributed by atoms with E-state index in [4.69, 9.17) is 11.6 Å². The summed E-state index contributed by atoms with van der Waals surface area (Å²) in [7, 11) is 1.76. The summed E-state index contributed by atoms with van der Waals surface area (Å²) >= 11 is 6.23. The van der Waals surface area contributed by atoms with Crippen LogP contribution in [0.1, 0.15) is 29.0 Å². The lowest BCUT2D eigenvalue weighted by molar-refractivity contribution is -0.145. The summed E-state index contributed by atoms with van der Waals surface area (Å²) in [6.45, 7) is 1.28. The molecule has 0 spiro atoms. The van der Waals surface area contributed by atoms with Crippen molar-refractivity contribution in [3.05, 3.63) is 83.5 Å². The van der Waals surface area contributed by atoms with E-state index < -0.39 is 12.0 Å². The SMILES string of the molecule is CNc1cnc(-c2ccc(F)cc2)c(-c2ccncc2Cl)n1.O=C(c1cnc(C(F)(F)F)nc1)N1CCCC1. The maximum Gasteiger partial charge on any atom is 0.451 e. The van der Waals surface area contributed by atoms with E-state index in [2.05, 4.69) is 30.2 Å². The molecule has 39 heavy (non-hydrogen) atoms. The molecule has 1 saturated heterocycles. The van der Waals surface area contributed by atoms with E-state index in [-0.39, 0.29) is 17.3 Å². The summed E-state index contributed by atoms with van der Waals surface area (Å²) in [5.41, 5.74) is 2.83. The smallest absolute Gasteiger partial charge is 0.372 e. The highest BCUT2D eigenvalue weighted by Crippen LogP contribution is 2.33. The molecule has 0 atom stereocenters. The van der Waals surface area contributed by atoms with Crippen LogP contribution in [0.3, 0.4) is 0 Å². The first-order valence-corrected chi connectivity index (χ1v) is 12.1. The molecule has 1 aliphatic rings. The first-order valence-electron chi connectivity index (χ1n) is 11.8. The van der Waals surface area contributed by atoms with Crippen molar-refractivity contribution in [2.75, 3.05) is 25.5 Å². The van der Waals surface area contributed by atoms with E-state index in [0.717, 1.165) is 36.4 Å². The van der Waals surface area contributed by atoms with E-state index in [0.29, 0.717) is 35.3 Å². The van der Waals surface area contributed by atoms with Gasteiger partial charge in [-0.15, -0.1) is 0 Å². The lowest BCUT2D eigenvalue weighted by atomic mass is 10.0. The zero-order valence-electron chi connectivity index (χ0n) is 20.6. The fourth-order valence-electron chi connectivity index (χ4n) is 3.77. The largest absolute Gasteiger partial charge is 0.451 e. The number of hydrogen-bond acceptors (Lipinski definition) is 7. The Labute approximate surface area is 226 Å². The Morgan fingerprint density at radius 3 is 2.21 bits per heavy atom. The number of likely N-dealkylation sites (tertiary alicyclic amines) is 1. The molecule has 1 aliphatic heterocycles. The lowest BCUT2D eigenvalue weighted by Crippen LogP contribution is -2.28. The number of nitrogens with zero attached hydrogens (tertiary/aromatic N) is 6. The van der Waals surface area contributed by atoms with Crippen LogP contribution in [0.25, 0.3) is 22.5 Å². The van der Waals surface area contributed by atoms with Crippen LogP contribution in [0.15, 0.2) is 61.3 Å². The predicted octanol–water partition coefficient (Wildman–Crippen LogP) is 5.77. The van der Waals surface area contributed by atoms with E-state index >= 15 is 0 Å².